The SMILES string of the molecule is O=C(CCCSc1nc2ccccc2c(=O)n1-c1cccc(F)c1)NCCN1CCOCC1. The van der Waals surface area contributed by atoms with Crippen LogP contribution < -0.4 is 10.9 Å². The summed E-state index contributed by atoms with van der Waals surface area (Å²) in [6.45, 7) is 4.74. The average molecular weight is 471 g/mol. The van der Waals surface area contributed by atoms with Crippen molar-refractivity contribution in [2.45, 2.75) is 18.0 Å². The second-order valence-corrected chi connectivity index (χ2v) is 8.85. The van der Waals surface area contributed by atoms with E-state index in [2.05, 4.69) is 15.2 Å². The molecule has 0 aliphatic carbocycles. The van der Waals surface area contributed by atoms with E-state index < -0.39 is 5.82 Å². The Balaban J connectivity index is 1.37. The lowest BCUT2D eigenvalue weighted by molar-refractivity contribution is -0.121. The van der Waals surface area contributed by atoms with Gasteiger partial charge in [0.2, 0.25) is 5.91 Å². The molecule has 2 aromatic carbocycles. The third-order valence-electron chi connectivity index (χ3n) is 5.44. The van der Waals surface area contributed by atoms with Crippen LogP contribution in [0, 0.1) is 5.82 Å². The van der Waals surface area contributed by atoms with Gasteiger partial charge in [0.1, 0.15) is 5.82 Å². The maximum Gasteiger partial charge on any atom is 0.266 e. The Morgan fingerprint density at radius 2 is 1.97 bits per heavy atom. The van der Waals surface area contributed by atoms with Gasteiger partial charge in [0, 0.05) is 38.4 Å². The van der Waals surface area contributed by atoms with Crippen LogP contribution in [0.4, 0.5) is 4.39 Å². The van der Waals surface area contributed by atoms with Crippen molar-refractivity contribution < 1.29 is 13.9 Å². The van der Waals surface area contributed by atoms with Crippen LogP contribution in [0.1, 0.15) is 12.8 Å². The Labute approximate surface area is 195 Å². The van der Waals surface area contributed by atoms with Crippen molar-refractivity contribution in [1.82, 2.24) is 19.8 Å². The Morgan fingerprint density at radius 1 is 1.15 bits per heavy atom. The van der Waals surface area contributed by atoms with Crippen LogP contribution in [-0.4, -0.2) is 65.5 Å². The number of para-hydroxylation sites is 1. The summed E-state index contributed by atoms with van der Waals surface area (Å²) in [7, 11) is 0. The van der Waals surface area contributed by atoms with E-state index in [0.29, 0.717) is 46.9 Å². The summed E-state index contributed by atoms with van der Waals surface area (Å²) < 4.78 is 20.6. The summed E-state index contributed by atoms with van der Waals surface area (Å²) in [6, 6.07) is 13.0. The lowest BCUT2D eigenvalue weighted by Gasteiger charge is -2.26. The Kier molecular flexibility index (Phi) is 8.09. The molecule has 1 aliphatic heterocycles. The number of hydrogen-bond acceptors (Lipinski definition) is 6. The maximum absolute atomic E-state index is 13.8. The summed E-state index contributed by atoms with van der Waals surface area (Å²) >= 11 is 1.39. The molecule has 0 spiro atoms. The highest BCUT2D eigenvalue weighted by atomic mass is 32.2. The highest BCUT2D eigenvalue weighted by Crippen LogP contribution is 2.22. The fourth-order valence-electron chi connectivity index (χ4n) is 3.71. The number of halogens is 1. The molecule has 0 unspecified atom stereocenters. The number of hydrogen-bond donors (Lipinski definition) is 1. The predicted molar refractivity (Wildman–Crippen MR) is 128 cm³/mol. The number of carbonyl (C=O) groups is 1. The molecule has 4 rings (SSSR count). The normalized spacial score (nSPS) is 14.5. The standard InChI is InChI=1S/C24H27FN4O3S/c25-18-5-3-6-19(17-18)29-23(31)20-7-1-2-8-21(20)27-24(29)33-16-4-9-22(30)26-10-11-28-12-14-32-15-13-28/h1-3,5-8,17H,4,9-16H2,(H,26,30). The van der Waals surface area contributed by atoms with Crippen molar-refractivity contribution in [2.24, 2.45) is 0 Å². The zero-order valence-corrected chi connectivity index (χ0v) is 19.2. The van der Waals surface area contributed by atoms with Crippen LogP contribution in [0.2, 0.25) is 0 Å². The number of aromatic nitrogens is 2. The summed E-state index contributed by atoms with van der Waals surface area (Å²) in [5.41, 5.74) is 0.787. The first-order valence-corrected chi connectivity index (χ1v) is 12.1. The first-order chi connectivity index (χ1) is 16.1. The van der Waals surface area contributed by atoms with Gasteiger partial charge in [0.15, 0.2) is 5.16 Å². The highest BCUT2D eigenvalue weighted by molar-refractivity contribution is 7.99. The maximum atomic E-state index is 13.8. The molecule has 33 heavy (non-hydrogen) atoms. The van der Waals surface area contributed by atoms with Gasteiger partial charge in [-0.2, -0.15) is 0 Å². The van der Waals surface area contributed by atoms with Crippen LogP contribution >= 0.6 is 11.8 Å². The fraction of sp³-hybridized carbons (Fsp3) is 0.375. The van der Waals surface area contributed by atoms with Gasteiger partial charge in [-0.3, -0.25) is 19.1 Å². The van der Waals surface area contributed by atoms with E-state index in [9.17, 15) is 14.0 Å². The Bertz CT molecular complexity index is 1160. The Hall–Kier alpha value is -2.75. The predicted octanol–water partition coefficient (Wildman–Crippen LogP) is 2.85. The number of benzene rings is 2. The molecule has 9 heteroatoms. The van der Waals surface area contributed by atoms with Crippen LogP contribution in [0.25, 0.3) is 16.6 Å². The zero-order chi connectivity index (χ0) is 23.0. The lowest BCUT2D eigenvalue weighted by Crippen LogP contribution is -2.41. The molecule has 174 valence electrons. The highest BCUT2D eigenvalue weighted by Gasteiger charge is 2.14. The lowest BCUT2D eigenvalue weighted by atomic mass is 10.2. The van der Waals surface area contributed by atoms with Gasteiger partial charge in [-0.15, -0.1) is 0 Å². The third kappa shape index (κ3) is 6.19. The molecule has 1 aromatic heterocycles. The molecule has 1 saturated heterocycles. The van der Waals surface area contributed by atoms with Gasteiger partial charge < -0.3 is 10.1 Å². The molecule has 1 fully saturated rings. The molecule has 7 nitrogen and oxygen atoms in total. The van der Waals surface area contributed by atoms with E-state index in [1.165, 1.54) is 28.5 Å². The van der Waals surface area contributed by atoms with Gasteiger partial charge in [-0.05, 0) is 36.8 Å². The summed E-state index contributed by atoms with van der Waals surface area (Å²) in [5.74, 6) is 0.201. The van der Waals surface area contributed by atoms with E-state index in [0.717, 1.165) is 32.8 Å². The number of rotatable bonds is 9. The number of nitrogens with one attached hydrogen (secondary N) is 1. The summed E-state index contributed by atoms with van der Waals surface area (Å²) in [4.78, 5) is 32.3. The topological polar surface area (TPSA) is 76.5 Å². The molecular formula is C24H27FN4O3S. The molecule has 0 radical (unpaired) electrons. The second kappa shape index (κ2) is 11.4. The van der Waals surface area contributed by atoms with Crippen molar-refractivity contribution in [1.29, 1.82) is 0 Å². The molecule has 0 bridgehead atoms. The van der Waals surface area contributed by atoms with E-state index in [1.807, 2.05) is 6.07 Å². The van der Waals surface area contributed by atoms with Crippen molar-refractivity contribution in [3.8, 4) is 5.69 Å². The smallest absolute Gasteiger partial charge is 0.266 e. The van der Waals surface area contributed by atoms with Crippen molar-refractivity contribution in [3.63, 3.8) is 0 Å². The van der Waals surface area contributed by atoms with Gasteiger partial charge in [0.25, 0.3) is 5.56 Å². The molecule has 2 heterocycles. The first kappa shape index (κ1) is 23.4. The van der Waals surface area contributed by atoms with Crippen molar-refractivity contribution >= 4 is 28.6 Å². The van der Waals surface area contributed by atoms with Crippen LogP contribution in [0.15, 0.2) is 58.5 Å². The summed E-state index contributed by atoms with van der Waals surface area (Å²) in [5, 5.41) is 3.92. The molecule has 1 N–H and O–H groups in total. The van der Waals surface area contributed by atoms with E-state index >= 15 is 0 Å². The van der Waals surface area contributed by atoms with Crippen LogP contribution in [0.5, 0.6) is 0 Å². The zero-order valence-electron chi connectivity index (χ0n) is 18.3. The number of morpholine rings is 1. The fourth-order valence-corrected chi connectivity index (χ4v) is 4.67. The molecule has 1 aliphatic rings. The third-order valence-corrected chi connectivity index (χ3v) is 6.47. The average Bonchev–Trinajstić information content (AvgIpc) is 2.83. The number of ether oxygens (including phenoxy) is 1. The minimum Gasteiger partial charge on any atom is -0.379 e. The monoisotopic (exact) mass is 470 g/mol. The number of thioether (sulfide) groups is 1. The van der Waals surface area contributed by atoms with E-state index in [1.54, 1.807) is 30.3 Å². The number of fused-ring (bicyclic) bond motifs is 1. The molecule has 3 aromatic rings. The van der Waals surface area contributed by atoms with Gasteiger partial charge in [-0.1, -0.05) is 30.0 Å². The molecule has 0 atom stereocenters. The second-order valence-electron chi connectivity index (χ2n) is 7.79. The number of amides is 1. The molecule has 0 saturated carbocycles. The van der Waals surface area contributed by atoms with Crippen molar-refractivity contribution in [2.75, 3.05) is 45.1 Å². The minimum absolute atomic E-state index is 0.0119. The van der Waals surface area contributed by atoms with Gasteiger partial charge in [0.05, 0.1) is 29.8 Å². The summed E-state index contributed by atoms with van der Waals surface area (Å²) in [6.07, 6.45) is 1.04. The number of carbonyl (C=O) groups excluding carboxylic acids is 1. The van der Waals surface area contributed by atoms with Crippen molar-refractivity contribution in [3.05, 3.63) is 64.7 Å². The van der Waals surface area contributed by atoms with Gasteiger partial charge >= 0.3 is 0 Å². The first-order valence-electron chi connectivity index (χ1n) is 11.1. The van der Waals surface area contributed by atoms with Gasteiger partial charge in [-0.25, -0.2) is 9.37 Å². The Morgan fingerprint density at radius 3 is 2.79 bits per heavy atom. The van der Waals surface area contributed by atoms with Crippen LogP contribution in [-0.2, 0) is 9.53 Å². The minimum atomic E-state index is -0.419. The van der Waals surface area contributed by atoms with E-state index in [-0.39, 0.29) is 11.5 Å². The quantitative estimate of drug-likeness (QED) is 0.295. The van der Waals surface area contributed by atoms with Crippen LogP contribution in [0.3, 0.4) is 0 Å². The van der Waals surface area contributed by atoms with E-state index in [4.69, 9.17) is 4.74 Å². The molecule has 1 amide bonds. The largest absolute Gasteiger partial charge is 0.379 e. The molecular weight excluding hydrogens is 443 g/mol. The number of nitrogens with zero attached hydrogens (tertiary/aromatic N) is 3.